The maximum atomic E-state index is 12.0. The van der Waals surface area contributed by atoms with Gasteiger partial charge in [0.25, 0.3) is 0 Å². The largest absolute Gasteiger partial charge is 0.458 e. The molecule has 0 saturated carbocycles. The Bertz CT molecular complexity index is 359. The molecule has 1 fully saturated rings. The van der Waals surface area contributed by atoms with Crippen LogP contribution < -0.4 is 5.32 Å². The number of aryl methyl sites for hydroxylation is 1. The summed E-state index contributed by atoms with van der Waals surface area (Å²) >= 11 is 0. The molecular weight excluding hydrogens is 192 g/mol. The van der Waals surface area contributed by atoms with Crippen molar-refractivity contribution in [1.29, 1.82) is 0 Å². The fourth-order valence-electron chi connectivity index (χ4n) is 1.83. The quantitative estimate of drug-likeness (QED) is 0.726. The lowest BCUT2D eigenvalue weighted by molar-refractivity contribution is 0.0789. The minimum Gasteiger partial charge on any atom is -0.458 e. The number of carbonyl (C=O) groups excluding carboxylic acids is 1. The highest BCUT2D eigenvalue weighted by Gasteiger charge is 2.28. The molecular formula is C11H16N2O2. The summed E-state index contributed by atoms with van der Waals surface area (Å²) in [5.74, 6) is 1.32. The number of rotatable bonds is 2. The number of Topliss-reactive ketones (excluding diaryl/α,β-unsaturated/α-hetero) is 1. The van der Waals surface area contributed by atoms with Crippen molar-refractivity contribution in [2.45, 2.75) is 13.0 Å². The van der Waals surface area contributed by atoms with Gasteiger partial charge in [-0.2, -0.15) is 0 Å². The third-order valence-electron chi connectivity index (χ3n) is 2.80. The van der Waals surface area contributed by atoms with Crippen molar-refractivity contribution in [3.63, 3.8) is 0 Å². The van der Waals surface area contributed by atoms with Gasteiger partial charge in [0.2, 0.25) is 5.78 Å². The molecule has 1 atom stereocenters. The van der Waals surface area contributed by atoms with Crippen molar-refractivity contribution in [1.82, 2.24) is 10.2 Å². The van der Waals surface area contributed by atoms with Crippen LogP contribution >= 0.6 is 0 Å². The van der Waals surface area contributed by atoms with Gasteiger partial charge in [-0.25, -0.2) is 0 Å². The van der Waals surface area contributed by atoms with E-state index in [2.05, 4.69) is 10.2 Å². The van der Waals surface area contributed by atoms with Crippen LogP contribution in [0.1, 0.15) is 16.3 Å². The second-order valence-electron chi connectivity index (χ2n) is 3.98. The maximum absolute atomic E-state index is 12.0. The van der Waals surface area contributed by atoms with E-state index in [4.69, 9.17) is 4.42 Å². The summed E-state index contributed by atoms with van der Waals surface area (Å²) in [4.78, 5) is 14.1. The second kappa shape index (κ2) is 4.16. The number of hydrogen-bond acceptors (Lipinski definition) is 4. The summed E-state index contributed by atoms with van der Waals surface area (Å²) in [6, 6.07) is 3.48. The molecule has 0 aliphatic carbocycles. The van der Waals surface area contributed by atoms with E-state index in [9.17, 15) is 4.79 Å². The van der Waals surface area contributed by atoms with E-state index in [1.165, 1.54) is 0 Å². The highest BCUT2D eigenvalue weighted by atomic mass is 16.3. The van der Waals surface area contributed by atoms with Crippen molar-refractivity contribution < 1.29 is 9.21 Å². The Labute approximate surface area is 89.2 Å². The van der Waals surface area contributed by atoms with Gasteiger partial charge in [-0.3, -0.25) is 9.69 Å². The summed E-state index contributed by atoms with van der Waals surface area (Å²) in [6.45, 7) is 4.39. The molecule has 0 spiro atoms. The number of ketones is 1. The van der Waals surface area contributed by atoms with Crippen LogP contribution in [0.3, 0.4) is 0 Å². The van der Waals surface area contributed by atoms with Gasteiger partial charge in [0.15, 0.2) is 5.76 Å². The lowest BCUT2D eigenvalue weighted by Gasteiger charge is -2.31. The van der Waals surface area contributed by atoms with Crippen molar-refractivity contribution >= 4 is 5.78 Å². The van der Waals surface area contributed by atoms with E-state index >= 15 is 0 Å². The monoisotopic (exact) mass is 208 g/mol. The van der Waals surface area contributed by atoms with Gasteiger partial charge in [0.1, 0.15) is 5.76 Å². The van der Waals surface area contributed by atoms with Crippen LogP contribution in [0.2, 0.25) is 0 Å². The predicted molar refractivity (Wildman–Crippen MR) is 57.1 cm³/mol. The second-order valence-corrected chi connectivity index (χ2v) is 3.98. The lowest BCUT2D eigenvalue weighted by atomic mass is 10.1. The number of piperazine rings is 1. The smallest absolute Gasteiger partial charge is 0.216 e. The first kappa shape index (κ1) is 10.4. The average Bonchev–Trinajstić information content (AvgIpc) is 2.65. The number of carbonyl (C=O) groups is 1. The summed E-state index contributed by atoms with van der Waals surface area (Å²) < 4.78 is 5.34. The topological polar surface area (TPSA) is 45.5 Å². The Morgan fingerprint density at radius 3 is 3.00 bits per heavy atom. The molecule has 1 aliphatic heterocycles. The number of nitrogens with one attached hydrogen (secondary N) is 1. The van der Waals surface area contributed by atoms with Crippen LogP contribution in [0.25, 0.3) is 0 Å². The third kappa shape index (κ3) is 2.11. The zero-order valence-corrected chi connectivity index (χ0v) is 9.12. The van der Waals surface area contributed by atoms with Gasteiger partial charge >= 0.3 is 0 Å². The van der Waals surface area contributed by atoms with Gasteiger partial charge < -0.3 is 9.73 Å². The van der Waals surface area contributed by atoms with Crippen LogP contribution in [0.4, 0.5) is 0 Å². The van der Waals surface area contributed by atoms with Crippen molar-refractivity contribution in [3.05, 3.63) is 23.7 Å². The molecule has 4 heteroatoms. The first-order valence-electron chi connectivity index (χ1n) is 5.20. The molecule has 1 N–H and O–H groups in total. The first-order valence-corrected chi connectivity index (χ1v) is 5.20. The van der Waals surface area contributed by atoms with Crippen molar-refractivity contribution in [3.8, 4) is 0 Å². The Morgan fingerprint density at radius 1 is 1.60 bits per heavy atom. The van der Waals surface area contributed by atoms with E-state index in [-0.39, 0.29) is 11.8 Å². The summed E-state index contributed by atoms with van der Waals surface area (Å²) in [6.07, 6.45) is 0. The average molecular weight is 208 g/mol. The van der Waals surface area contributed by atoms with E-state index < -0.39 is 0 Å². The summed E-state index contributed by atoms with van der Waals surface area (Å²) in [5.41, 5.74) is 0. The van der Waals surface area contributed by atoms with Crippen LogP contribution in [0.15, 0.2) is 16.5 Å². The third-order valence-corrected chi connectivity index (χ3v) is 2.80. The van der Waals surface area contributed by atoms with Crippen LogP contribution in [-0.2, 0) is 0 Å². The molecule has 1 saturated heterocycles. The molecule has 0 aromatic carbocycles. The van der Waals surface area contributed by atoms with Crippen LogP contribution in [0, 0.1) is 6.92 Å². The zero-order valence-electron chi connectivity index (χ0n) is 9.12. The molecule has 4 nitrogen and oxygen atoms in total. The highest BCUT2D eigenvalue weighted by Crippen LogP contribution is 2.12. The Hall–Kier alpha value is -1.13. The molecule has 1 aromatic rings. The Kier molecular flexibility index (Phi) is 2.88. The molecule has 1 unspecified atom stereocenters. The van der Waals surface area contributed by atoms with Gasteiger partial charge in [0, 0.05) is 19.6 Å². The molecule has 1 aromatic heterocycles. The minimum atomic E-state index is -0.0932. The SMILES string of the molecule is Cc1ccc(C(=O)C2CNCCN2C)o1. The van der Waals surface area contributed by atoms with Crippen LogP contribution in [0.5, 0.6) is 0 Å². The summed E-state index contributed by atoms with van der Waals surface area (Å²) in [5, 5.41) is 3.22. The highest BCUT2D eigenvalue weighted by molar-refractivity contribution is 5.98. The maximum Gasteiger partial charge on any atom is 0.216 e. The van der Waals surface area contributed by atoms with E-state index in [1.807, 2.05) is 20.0 Å². The standard InChI is InChI=1S/C11H16N2O2/c1-8-3-4-10(15-8)11(14)9-7-12-5-6-13(9)2/h3-4,9,12H,5-7H2,1-2H3. The summed E-state index contributed by atoms with van der Waals surface area (Å²) in [7, 11) is 1.97. The van der Waals surface area contributed by atoms with Crippen LogP contribution in [-0.4, -0.2) is 43.4 Å². The normalized spacial score (nSPS) is 22.9. The Balaban J connectivity index is 2.13. The molecule has 2 heterocycles. The number of nitrogens with zero attached hydrogens (tertiary/aromatic N) is 1. The van der Waals surface area contributed by atoms with Crippen molar-refractivity contribution in [2.75, 3.05) is 26.7 Å². The van der Waals surface area contributed by atoms with Gasteiger partial charge in [0.05, 0.1) is 6.04 Å². The molecule has 0 bridgehead atoms. The Morgan fingerprint density at radius 2 is 2.40 bits per heavy atom. The molecule has 2 rings (SSSR count). The molecule has 82 valence electrons. The zero-order chi connectivity index (χ0) is 10.8. The molecule has 0 amide bonds. The van der Waals surface area contributed by atoms with E-state index in [1.54, 1.807) is 6.07 Å². The first-order chi connectivity index (χ1) is 7.18. The molecule has 15 heavy (non-hydrogen) atoms. The van der Waals surface area contributed by atoms with Gasteiger partial charge in [-0.05, 0) is 26.1 Å². The van der Waals surface area contributed by atoms with Gasteiger partial charge in [-0.15, -0.1) is 0 Å². The number of likely N-dealkylation sites (N-methyl/N-ethyl adjacent to an activating group) is 1. The fraction of sp³-hybridized carbons (Fsp3) is 0.545. The molecule has 0 radical (unpaired) electrons. The lowest BCUT2D eigenvalue weighted by Crippen LogP contribution is -2.53. The molecule has 1 aliphatic rings. The minimum absolute atomic E-state index is 0.0674. The predicted octanol–water partition coefficient (Wildman–Crippen LogP) is 0.674. The van der Waals surface area contributed by atoms with Crippen molar-refractivity contribution in [2.24, 2.45) is 0 Å². The number of furan rings is 1. The van der Waals surface area contributed by atoms with Gasteiger partial charge in [-0.1, -0.05) is 0 Å². The fourth-order valence-corrected chi connectivity index (χ4v) is 1.83. The number of hydrogen-bond donors (Lipinski definition) is 1. The van der Waals surface area contributed by atoms with E-state index in [0.29, 0.717) is 12.3 Å². The van der Waals surface area contributed by atoms with E-state index in [0.717, 1.165) is 18.8 Å².